The van der Waals surface area contributed by atoms with Crippen LogP contribution in [0.3, 0.4) is 0 Å². The molecule has 0 aliphatic rings. The van der Waals surface area contributed by atoms with E-state index in [1.165, 1.54) is 6.42 Å². The zero-order valence-electron chi connectivity index (χ0n) is 46.3. The van der Waals surface area contributed by atoms with Gasteiger partial charge in [0, 0.05) is 19.3 Å². The van der Waals surface area contributed by atoms with Gasteiger partial charge in [-0.25, -0.2) is 4.57 Å². The molecule has 0 radical (unpaired) electrons. The molecule has 2 N–H and O–H groups in total. The first-order chi connectivity index (χ1) is 36.2. The lowest BCUT2D eigenvalue weighted by molar-refractivity contribution is -0.161. The molecule has 0 saturated heterocycles. The van der Waals surface area contributed by atoms with Crippen molar-refractivity contribution in [2.75, 3.05) is 26.4 Å². The SMILES string of the molecule is CC/C=C\C/C=C\C/C=C\C/C=C\C/C=C\CCCC(=O)OC(COC(=O)CCCCCCC/C=C\C/C=C\CCC)COP(=O)(O)OCC(CO)OC(=O)CCCCCCCCC/C=C\C/C=C\C/C=C\CC. The number of hydrogen-bond acceptors (Lipinski definition) is 10. The minimum Gasteiger partial charge on any atom is -0.462 e. The maximum absolute atomic E-state index is 12.9. The Hall–Kier alpha value is -4.12. The smallest absolute Gasteiger partial charge is 0.462 e. The van der Waals surface area contributed by atoms with Crippen LogP contribution in [0.1, 0.15) is 213 Å². The zero-order chi connectivity index (χ0) is 54.1. The monoisotopic (exact) mass is 1050 g/mol. The summed E-state index contributed by atoms with van der Waals surface area (Å²) in [7, 11) is -4.78. The van der Waals surface area contributed by atoms with E-state index in [4.69, 9.17) is 23.3 Å². The van der Waals surface area contributed by atoms with Crippen molar-refractivity contribution in [2.45, 2.75) is 226 Å². The summed E-state index contributed by atoms with van der Waals surface area (Å²) in [6, 6.07) is 0. The van der Waals surface area contributed by atoms with Crippen molar-refractivity contribution < 1.29 is 52.2 Å². The van der Waals surface area contributed by atoms with Crippen LogP contribution in [0.15, 0.2) is 122 Å². The molecule has 0 heterocycles. The Morgan fingerprint density at radius 1 is 0.392 bits per heavy atom. The standard InChI is InChI=1S/C62H101O11P/c1-4-7-10-13-16-19-22-25-27-29-31-34-37-40-43-46-49-52-61(65)72-58(54-63)56-70-74(67,68)71-57-59(55-69-60(64)51-48-45-42-39-36-33-24-21-18-15-12-9-6-3)73-62(66)53-50-47-44-41-38-35-32-30-28-26-23-20-17-14-11-8-5-2/h7-8,10-12,15-17,19-21,24-28,32,35,41,44,58-59,63H,4-6,9,13-14,18,22-23,29-31,33-34,36-40,42-43,45-57H2,1-3H3,(H,67,68)/b10-7-,11-8-,15-12-,19-16-,20-17-,24-21-,27-25-,28-26-,35-32-,44-41-. The summed E-state index contributed by atoms with van der Waals surface area (Å²) >= 11 is 0. The molecule has 74 heavy (non-hydrogen) atoms. The van der Waals surface area contributed by atoms with Gasteiger partial charge >= 0.3 is 25.7 Å². The molecule has 0 aliphatic heterocycles. The summed E-state index contributed by atoms with van der Waals surface area (Å²) in [5.41, 5.74) is 0. The van der Waals surface area contributed by atoms with Gasteiger partial charge in [0.15, 0.2) is 6.10 Å². The van der Waals surface area contributed by atoms with E-state index < -0.39 is 57.8 Å². The first kappa shape index (κ1) is 69.9. The predicted octanol–water partition coefficient (Wildman–Crippen LogP) is 16.8. The second-order valence-corrected chi connectivity index (χ2v) is 19.8. The highest BCUT2D eigenvalue weighted by atomic mass is 31.2. The van der Waals surface area contributed by atoms with E-state index in [9.17, 15) is 28.9 Å². The number of phosphoric ester groups is 1. The highest BCUT2D eigenvalue weighted by molar-refractivity contribution is 7.47. The summed E-state index contributed by atoms with van der Waals surface area (Å²) in [5.74, 6) is -1.58. The van der Waals surface area contributed by atoms with E-state index in [1.807, 2.05) is 12.2 Å². The fourth-order valence-electron chi connectivity index (χ4n) is 7.09. The van der Waals surface area contributed by atoms with Crippen LogP contribution in [0.4, 0.5) is 0 Å². The van der Waals surface area contributed by atoms with Crippen LogP contribution in [0, 0.1) is 0 Å². The van der Waals surface area contributed by atoms with E-state index in [-0.39, 0.29) is 25.9 Å². The molecule has 12 heteroatoms. The second-order valence-electron chi connectivity index (χ2n) is 18.3. The largest absolute Gasteiger partial charge is 0.472 e. The minimum absolute atomic E-state index is 0.0794. The van der Waals surface area contributed by atoms with Crippen LogP contribution in [-0.2, 0) is 42.2 Å². The molecule has 3 atom stereocenters. The van der Waals surface area contributed by atoms with E-state index in [1.54, 1.807) is 0 Å². The van der Waals surface area contributed by atoms with E-state index >= 15 is 0 Å². The number of phosphoric acid groups is 1. The van der Waals surface area contributed by atoms with Crippen molar-refractivity contribution in [1.82, 2.24) is 0 Å². The Balaban J connectivity index is 4.81. The first-order valence-electron chi connectivity index (χ1n) is 28.4. The van der Waals surface area contributed by atoms with Gasteiger partial charge in [0.05, 0.1) is 19.8 Å². The molecule has 0 aliphatic carbocycles. The first-order valence-corrected chi connectivity index (χ1v) is 29.9. The number of allylic oxidation sites excluding steroid dienone is 20. The molecule has 420 valence electrons. The fourth-order valence-corrected chi connectivity index (χ4v) is 7.87. The molecule has 0 aromatic carbocycles. The molecule has 0 spiro atoms. The minimum atomic E-state index is -4.78. The summed E-state index contributed by atoms with van der Waals surface area (Å²) in [6.07, 6.45) is 67.3. The van der Waals surface area contributed by atoms with Crippen molar-refractivity contribution in [3.8, 4) is 0 Å². The molecule has 0 amide bonds. The van der Waals surface area contributed by atoms with Gasteiger partial charge in [-0.05, 0) is 116 Å². The number of carbonyl (C=O) groups is 3. The summed E-state index contributed by atoms with van der Waals surface area (Å²) < 4.78 is 39.4. The molecule has 0 saturated carbocycles. The molecule has 0 rings (SSSR count). The van der Waals surface area contributed by atoms with Gasteiger partial charge in [0.2, 0.25) is 0 Å². The van der Waals surface area contributed by atoms with Gasteiger partial charge in [-0.15, -0.1) is 0 Å². The van der Waals surface area contributed by atoms with Crippen molar-refractivity contribution in [3.63, 3.8) is 0 Å². The summed E-state index contributed by atoms with van der Waals surface area (Å²) in [4.78, 5) is 48.5. The van der Waals surface area contributed by atoms with Crippen molar-refractivity contribution in [1.29, 1.82) is 0 Å². The van der Waals surface area contributed by atoms with Crippen LogP contribution in [-0.4, -0.2) is 66.5 Å². The third-order valence-electron chi connectivity index (χ3n) is 11.3. The number of esters is 3. The molecular formula is C62H101O11P. The Labute approximate surface area is 449 Å². The zero-order valence-corrected chi connectivity index (χ0v) is 47.2. The number of hydrogen-bond donors (Lipinski definition) is 2. The lowest BCUT2D eigenvalue weighted by Crippen LogP contribution is -2.30. The quantitative estimate of drug-likeness (QED) is 0.0197. The maximum atomic E-state index is 12.9. The highest BCUT2D eigenvalue weighted by Crippen LogP contribution is 2.43. The fraction of sp³-hybridized carbons (Fsp3) is 0.629. The Bertz CT molecular complexity index is 1700. The van der Waals surface area contributed by atoms with Crippen LogP contribution in [0.5, 0.6) is 0 Å². The van der Waals surface area contributed by atoms with Crippen molar-refractivity contribution in [2.24, 2.45) is 0 Å². The van der Waals surface area contributed by atoms with Crippen LogP contribution < -0.4 is 0 Å². The second kappa shape index (κ2) is 55.1. The number of ether oxygens (including phenoxy) is 3. The van der Waals surface area contributed by atoms with E-state index in [0.29, 0.717) is 25.7 Å². The Kier molecular flexibility index (Phi) is 52.1. The predicted molar refractivity (Wildman–Crippen MR) is 306 cm³/mol. The topological polar surface area (TPSA) is 155 Å². The van der Waals surface area contributed by atoms with Gasteiger partial charge < -0.3 is 24.2 Å². The third-order valence-corrected chi connectivity index (χ3v) is 12.3. The van der Waals surface area contributed by atoms with Gasteiger partial charge in [-0.3, -0.25) is 23.4 Å². The van der Waals surface area contributed by atoms with E-state index in [2.05, 4.69) is 130 Å². The molecule has 3 unspecified atom stereocenters. The number of aliphatic hydroxyl groups is 1. The normalized spacial score (nSPS) is 14.3. The molecule has 0 aromatic heterocycles. The van der Waals surface area contributed by atoms with Gasteiger partial charge in [0.25, 0.3) is 0 Å². The molecular weight excluding hydrogens is 952 g/mol. The Morgan fingerprint density at radius 3 is 1.14 bits per heavy atom. The van der Waals surface area contributed by atoms with Crippen molar-refractivity contribution in [3.05, 3.63) is 122 Å². The third kappa shape index (κ3) is 52.7. The van der Waals surface area contributed by atoms with Gasteiger partial charge in [-0.2, -0.15) is 0 Å². The van der Waals surface area contributed by atoms with Crippen LogP contribution in [0.25, 0.3) is 0 Å². The molecule has 0 aromatic rings. The molecule has 0 bridgehead atoms. The number of carbonyl (C=O) groups excluding carboxylic acids is 3. The number of aliphatic hydroxyl groups excluding tert-OH is 1. The lowest BCUT2D eigenvalue weighted by Gasteiger charge is -2.21. The number of unbranched alkanes of at least 4 members (excludes halogenated alkanes) is 14. The molecule has 0 fully saturated rings. The summed E-state index contributed by atoms with van der Waals surface area (Å²) in [5, 5.41) is 9.82. The number of rotatable bonds is 51. The lowest BCUT2D eigenvalue weighted by atomic mass is 10.1. The van der Waals surface area contributed by atoms with E-state index in [0.717, 1.165) is 141 Å². The average molecular weight is 1050 g/mol. The molecule has 11 nitrogen and oxygen atoms in total. The van der Waals surface area contributed by atoms with Crippen molar-refractivity contribution >= 4 is 25.7 Å². The Morgan fingerprint density at radius 2 is 0.716 bits per heavy atom. The highest BCUT2D eigenvalue weighted by Gasteiger charge is 2.28. The van der Waals surface area contributed by atoms with Gasteiger partial charge in [0.1, 0.15) is 12.7 Å². The average Bonchev–Trinajstić information content (AvgIpc) is 3.39. The summed E-state index contributed by atoms with van der Waals surface area (Å²) in [6.45, 7) is 4.25. The van der Waals surface area contributed by atoms with Crippen LogP contribution in [0.2, 0.25) is 0 Å². The maximum Gasteiger partial charge on any atom is 0.472 e. The van der Waals surface area contributed by atoms with Gasteiger partial charge in [-0.1, -0.05) is 200 Å². The van der Waals surface area contributed by atoms with Crippen LogP contribution >= 0.6 is 7.82 Å².